The highest BCUT2D eigenvalue weighted by Crippen LogP contribution is 2.30. The summed E-state index contributed by atoms with van der Waals surface area (Å²) in [6.07, 6.45) is 1.06. The number of likely N-dealkylation sites (tertiary alicyclic amines) is 1. The number of allylic oxidation sites excluding steroid dienone is 1. The van der Waals surface area contributed by atoms with Crippen molar-refractivity contribution >= 4 is 17.8 Å². The topological polar surface area (TPSA) is 103 Å². The first-order valence-corrected chi connectivity index (χ1v) is 9.34. The van der Waals surface area contributed by atoms with E-state index in [4.69, 9.17) is 21.1 Å². The van der Waals surface area contributed by atoms with Gasteiger partial charge in [0.2, 0.25) is 0 Å². The summed E-state index contributed by atoms with van der Waals surface area (Å²) in [5, 5.41) is 16.4. The highest BCUT2D eigenvalue weighted by molar-refractivity contribution is 5.98. The van der Waals surface area contributed by atoms with Crippen LogP contribution in [0.25, 0.3) is 5.70 Å². The number of methoxy groups -OCH3 is 1. The number of rotatable bonds is 5. The maximum absolute atomic E-state index is 13.1. The molecule has 148 valence electrons. The minimum atomic E-state index is -0.0322. The minimum Gasteiger partial charge on any atom is -0.493 e. The van der Waals surface area contributed by atoms with Gasteiger partial charge in [0.25, 0.3) is 5.91 Å². The quantitative estimate of drug-likeness (QED) is 0.605. The zero-order chi connectivity index (χ0) is 21.1. The standard InChI is InChI=1S/C23H24N4O2/c1-14-8-15(2)20(9-19(14)22(26)21(11-25)29-3)23(28)27-12-18(13-27)17-6-4-16(10-24)5-7-17/h4-9,11,18,25H,12-13,26H2,1-3H3/b22-21+,25-11?. The number of benzene rings is 2. The van der Waals surface area contributed by atoms with Crippen LogP contribution in [0.3, 0.4) is 0 Å². The first kappa shape index (κ1) is 20.2. The third-order valence-corrected chi connectivity index (χ3v) is 5.39. The van der Waals surface area contributed by atoms with Crippen LogP contribution in [0, 0.1) is 30.6 Å². The Kier molecular flexibility index (Phi) is 5.69. The van der Waals surface area contributed by atoms with Crippen LogP contribution in [-0.2, 0) is 4.74 Å². The molecule has 1 heterocycles. The van der Waals surface area contributed by atoms with Crippen molar-refractivity contribution in [1.82, 2.24) is 4.90 Å². The van der Waals surface area contributed by atoms with Gasteiger partial charge in [-0.2, -0.15) is 5.26 Å². The summed E-state index contributed by atoms with van der Waals surface area (Å²) in [6.45, 7) is 5.12. The van der Waals surface area contributed by atoms with Crippen molar-refractivity contribution in [2.75, 3.05) is 20.2 Å². The van der Waals surface area contributed by atoms with Crippen LogP contribution in [0.15, 0.2) is 42.2 Å². The van der Waals surface area contributed by atoms with Gasteiger partial charge in [0.05, 0.1) is 30.7 Å². The van der Waals surface area contributed by atoms with Crippen molar-refractivity contribution in [2.45, 2.75) is 19.8 Å². The molecule has 0 saturated carbocycles. The highest BCUT2D eigenvalue weighted by atomic mass is 16.5. The van der Waals surface area contributed by atoms with E-state index in [2.05, 4.69) is 6.07 Å². The molecule has 0 radical (unpaired) electrons. The Morgan fingerprint density at radius 1 is 1.21 bits per heavy atom. The molecular formula is C23H24N4O2. The van der Waals surface area contributed by atoms with E-state index in [9.17, 15) is 4.79 Å². The molecule has 6 heteroatoms. The van der Waals surface area contributed by atoms with Crippen LogP contribution in [0.5, 0.6) is 0 Å². The minimum absolute atomic E-state index is 0.0322. The van der Waals surface area contributed by atoms with Crippen LogP contribution >= 0.6 is 0 Å². The Hall–Kier alpha value is -3.59. The van der Waals surface area contributed by atoms with Gasteiger partial charge in [-0.15, -0.1) is 0 Å². The zero-order valence-electron chi connectivity index (χ0n) is 16.8. The average Bonchev–Trinajstić information content (AvgIpc) is 2.68. The second-order valence-electron chi connectivity index (χ2n) is 7.25. The molecule has 2 aromatic carbocycles. The molecule has 2 aromatic rings. The SMILES string of the molecule is CO/C(C=N)=C(/N)c1cc(C(=O)N2CC(c3ccc(C#N)cc3)C2)c(C)cc1C. The predicted molar refractivity (Wildman–Crippen MR) is 113 cm³/mol. The molecule has 3 rings (SSSR count). The normalized spacial score (nSPS) is 14.5. The summed E-state index contributed by atoms with van der Waals surface area (Å²) in [4.78, 5) is 14.9. The van der Waals surface area contributed by atoms with E-state index in [-0.39, 0.29) is 17.6 Å². The van der Waals surface area contributed by atoms with Gasteiger partial charge in [-0.25, -0.2) is 0 Å². The Morgan fingerprint density at radius 3 is 2.38 bits per heavy atom. The molecule has 1 saturated heterocycles. The first-order valence-electron chi connectivity index (χ1n) is 9.34. The Morgan fingerprint density at radius 2 is 1.83 bits per heavy atom. The maximum atomic E-state index is 13.1. The molecule has 1 aliphatic heterocycles. The molecule has 0 unspecified atom stereocenters. The molecule has 1 aliphatic rings. The third-order valence-electron chi connectivity index (χ3n) is 5.39. The van der Waals surface area contributed by atoms with E-state index in [0.29, 0.717) is 35.5 Å². The molecule has 0 aromatic heterocycles. The van der Waals surface area contributed by atoms with Gasteiger partial charge in [-0.3, -0.25) is 4.79 Å². The summed E-state index contributed by atoms with van der Waals surface area (Å²) in [6, 6.07) is 13.4. The third kappa shape index (κ3) is 3.85. The van der Waals surface area contributed by atoms with E-state index in [0.717, 1.165) is 22.9 Å². The second-order valence-corrected chi connectivity index (χ2v) is 7.25. The number of carbonyl (C=O) groups excluding carboxylic acids is 1. The van der Waals surface area contributed by atoms with E-state index >= 15 is 0 Å². The van der Waals surface area contributed by atoms with Gasteiger partial charge in [0, 0.05) is 30.1 Å². The molecule has 6 nitrogen and oxygen atoms in total. The first-order chi connectivity index (χ1) is 13.9. The van der Waals surface area contributed by atoms with Crippen LogP contribution in [0.4, 0.5) is 0 Å². The number of hydrogen-bond donors (Lipinski definition) is 2. The second kappa shape index (κ2) is 8.19. The largest absolute Gasteiger partial charge is 0.493 e. The fourth-order valence-corrected chi connectivity index (χ4v) is 3.61. The fraction of sp³-hybridized carbons (Fsp3) is 0.261. The number of nitrogens with two attached hydrogens (primary N) is 1. The number of carbonyl (C=O) groups is 1. The van der Waals surface area contributed by atoms with Gasteiger partial charge in [-0.05, 0) is 48.7 Å². The van der Waals surface area contributed by atoms with Crippen molar-refractivity contribution in [3.05, 3.63) is 75.5 Å². The molecule has 0 bridgehead atoms. The Bertz CT molecular complexity index is 1030. The summed E-state index contributed by atoms with van der Waals surface area (Å²) < 4.78 is 5.16. The van der Waals surface area contributed by atoms with E-state index in [1.54, 1.807) is 6.07 Å². The van der Waals surface area contributed by atoms with E-state index in [1.165, 1.54) is 7.11 Å². The number of nitrogens with one attached hydrogen (secondary N) is 1. The Labute approximate surface area is 170 Å². The van der Waals surface area contributed by atoms with Gasteiger partial charge in [0.1, 0.15) is 0 Å². The van der Waals surface area contributed by atoms with Crippen LogP contribution < -0.4 is 5.73 Å². The number of nitrogens with zero attached hydrogens (tertiary/aromatic N) is 2. The molecule has 29 heavy (non-hydrogen) atoms. The summed E-state index contributed by atoms with van der Waals surface area (Å²) in [5.74, 6) is 0.510. The lowest BCUT2D eigenvalue weighted by Gasteiger charge is -2.40. The van der Waals surface area contributed by atoms with Gasteiger partial charge >= 0.3 is 0 Å². The number of hydrogen-bond acceptors (Lipinski definition) is 5. The number of aryl methyl sites for hydroxylation is 2. The molecule has 1 fully saturated rings. The highest BCUT2D eigenvalue weighted by Gasteiger charge is 2.33. The Balaban J connectivity index is 1.81. The molecule has 1 amide bonds. The summed E-state index contributed by atoms with van der Waals surface area (Å²) in [7, 11) is 1.46. The van der Waals surface area contributed by atoms with Crippen molar-refractivity contribution in [3.8, 4) is 6.07 Å². The molecule has 0 atom stereocenters. The van der Waals surface area contributed by atoms with Crippen molar-refractivity contribution < 1.29 is 9.53 Å². The van der Waals surface area contributed by atoms with Crippen molar-refractivity contribution in [2.24, 2.45) is 5.73 Å². The lowest BCUT2D eigenvalue weighted by atomic mass is 9.89. The number of ether oxygens (including phenoxy) is 1. The van der Waals surface area contributed by atoms with E-state index < -0.39 is 0 Å². The molecule has 0 spiro atoms. The smallest absolute Gasteiger partial charge is 0.254 e. The predicted octanol–water partition coefficient (Wildman–Crippen LogP) is 3.34. The average molecular weight is 388 g/mol. The van der Waals surface area contributed by atoms with Crippen LogP contribution in [0.2, 0.25) is 0 Å². The van der Waals surface area contributed by atoms with Gasteiger partial charge < -0.3 is 20.8 Å². The summed E-state index contributed by atoms with van der Waals surface area (Å²) >= 11 is 0. The van der Waals surface area contributed by atoms with Crippen molar-refractivity contribution in [1.29, 1.82) is 10.7 Å². The zero-order valence-corrected chi connectivity index (χ0v) is 16.8. The van der Waals surface area contributed by atoms with Crippen LogP contribution in [-0.4, -0.2) is 37.2 Å². The van der Waals surface area contributed by atoms with Gasteiger partial charge in [0.15, 0.2) is 5.76 Å². The molecule has 0 aliphatic carbocycles. The summed E-state index contributed by atoms with van der Waals surface area (Å²) in [5.41, 5.74) is 11.4. The number of amides is 1. The number of nitriles is 1. The lowest BCUT2D eigenvalue weighted by molar-refractivity contribution is 0.0601. The molecular weight excluding hydrogens is 364 g/mol. The van der Waals surface area contributed by atoms with Crippen LogP contribution in [0.1, 0.15) is 44.1 Å². The monoisotopic (exact) mass is 388 g/mol. The molecule has 3 N–H and O–H groups in total. The van der Waals surface area contributed by atoms with E-state index in [1.807, 2.05) is 49.1 Å². The van der Waals surface area contributed by atoms with Crippen molar-refractivity contribution in [3.63, 3.8) is 0 Å². The maximum Gasteiger partial charge on any atom is 0.254 e. The van der Waals surface area contributed by atoms with Gasteiger partial charge in [-0.1, -0.05) is 18.2 Å². The fourth-order valence-electron chi connectivity index (χ4n) is 3.61. The lowest BCUT2D eigenvalue weighted by Crippen LogP contribution is -2.48.